The molecule has 0 radical (unpaired) electrons. The average molecular weight is 432 g/mol. The van der Waals surface area contributed by atoms with Crippen molar-refractivity contribution in [1.29, 1.82) is 0 Å². The van der Waals surface area contributed by atoms with Crippen LogP contribution in [0.3, 0.4) is 0 Å². The first-order valence-corrected chi connectivity index (χ1v) is 11.2. The molecule has 2 amide bonds. The first-order chi connectivity index (χ1) is 14.3. The van der Waals surface area contributed by atoms with Gasteiger partial charge in [-0.15, -0.1) is 10.2 Å². The number of nitrogens with zero attached hydrogens (tertiary/aromatic N) is 4. The molecule has 0 bridgehead atoms. The number of thioether (sulfide) groups is 1. The van der Waals surface area contributed by atoms with E-state index in [1.807, 2.05) is 56.9 Å². The Bertz CT molecular complexity index is 858. The van der Waals surface area contributed by atoms with Crippen LogP contribution >= 0.6 is 11.8 Å². The predicted octanol–water partition coefficient (Wildman–Crippen LogP) is 3.23. The number of rotatable bonds is 7. The highest BCUT2D eigenvalue weighted by atomic mass is 32.2. The zero-order chi connectivity index (χ0) is 21.7. The van der Waals surface area contributed by atoms with Crippen LogP contribution in [0, 0.1) is 5.92 Å². The zero-order valence-electron chi connectivity index (χ0n) is 17.9. The molecule has 0 saturated carbocycles. The Morgan fingerprint density at radius 3 is 2.30 bits per heavy atom. The van der Waals surface area contributed by atoms with Crippen molar-refractivity contribution in [2.45, 2.75) is 38.8 Å². The second-order valence-electron chi connectivity index (χ2n) is 7.91. The van der Waals surface area contributed by atoms with Crippen LogP contribution in [-0.4, -0.2) is 58.8 Å². The summed E-state index contributed by atoms with van der Waals surface area (Å²) in [5, 5.41) is 11.2. The Morgan fingerprint density at radius 1 is 1.07 bits per heavy atom. The Kier molecular flexibility index (Phi) is 7.36. The molecule has 9 heteroatoms. The van der Waals surface area contributed by atoms with Crippen molar-refractivity contribution in [3.63, 3.8) is 0 Å². The maximum atomic E-state index is 12.2. The number of piperazine rings is 1. The number of hydrogen-bond acceptors (Lipinski definition) is 7. The minimum Gasteiger partial charge on any atom is -0.416 e. The van der Waals surface area contributed by atoms with E-state index in [4.69, 9.17) is 4.42 Å². The lowest BCUT2D eigenvalue weighted by atomic mass is 10.1. The van der Waals surface area contributed by atoms with Crippen LogP contribution in [0.5, 0.6) is 0 Å². The molecule has 0 aliphatic carbocycles. The summed E-state index contributed by atoms with van der Waals surface area (Å²) < 4.78 is 5.49. The van der Waals surface area contributed by atoms with E-state index in [1.165, 1.54) is 11.8 Å². The fourth-order valence-corrected chi connectivity index (χ4v) is 3.71. The molecule has 8 nitrogen and oxygen atoms in total. The molecule has 0 unspecified atom stereocenters. The minimum atomic E-state index is -0.127. The number of benzene rings is 1. The molecule has 1 N–H and O–H groups in total. The second kappa shape index (κ2) is 9.97. The highest BCUT2D eigenvalue weighted by molar-refractivity contribution is 7.99. The van der Waals surface area contributed by atoms with Gasteiger partial charge in [0.2, 0.25) is 17.7 Å². The topological polar surface area (TPSA) is 91.6 Å². The van der Waals surface area contributed by atoms with Gasteiger partial charge in [0.05, 0.1) is 5.75 Å². The van der Waals surface area contributed by atoms with E-state index < -0.39 is 0 Å². The van der Waals surface area contributed by atoms with Crippen molar-refractivity contribution in [3.8, 4) is 0 Å². The van der Waals surface area contributed by atoms with Gasteiger partial charge in [0.1, 0.15) is 0 Å². The predicted molar refractivity (Wildman–Crippen MR) is 118 cm³/mol. The Balaban J connectivity index is 1.46. The lowest BCUT2D eigenvalue weighted by molar-refractivity contribution is -0.134. The number of carbonyl (C=O) groups is 2. The molecule has 3 rings (SSSR count). The number of nitrogens with one attached hydrogen (secondary N) is 1. The first-order valence-electron chi connectivity index (χ1n) is 10.2. The number of anilines is 2. The van der Waals surface area contributed by atoms with Crippen molar-refractivity contribution < 1.29 is 14.0 Å². The van der Waals surface area contributed by atoms with Crippen molar-refractivity contribution in [3.05, 3.63) is 30.2 Å². The molecule has 1 aromatic carbocycles. The second-order valence-corrected chi connectivity index (χ2v) is 8.84. The highest BCUT2D eigenvalue weighted by Gasteiger charge is 2.23. The van der Waals surface area contributed by atoms with Crippen LogP contribution in [-0.2, 0) is 9.59 Å². The van der Waals surface area contributed by atoms with Crippen molar-refractivity contribution in [2.24, 2.45) is 5.92 Å². The number of amides is 2. The highest BCUT2D eigenvalue weighted by Crippen LogP contribution is 2.22. The van der Waals surface area contributed by atoms with Gasteiger partial charge >= 0.3 is 0 Å². The van der Waals surface area contributed by atoms with Crippen LogP contribution in [0.2, 0.25) is 0 Å². The maximum Gasteiger partial charge on any atom is 0.277 e. The Hall–Kier alpha value is -2.55. The number of aromatic nitrogens is 2. The monoisotopic (exact) mass is 431 g/mol. The number of carbonyl (C=O) groups excluding carboxylic acids is 2. The van der Waals surface area contributed by atoms with Crippen LogP contribution in [0.25, 0.3) is 0 Å². The third-order valence-electron chi connectivity index (χ3n) is 4.84. The molecule has 1 aliphatic rings. The third kappa shape index (κ3) is 5.75. The summed E-state index contributed by atoms with van der Waals surface area (Å²) in [6, 6.07) is 7.78. The normalized spacial score (nSPS) is 14.5. The summed E-state index contributed by atoms with van der Waals surface area (Å²) in [5.74, 6) is 1.06. The molecule has 1 aromatic heterocycles. The molecule has 1 fully saturated rings. The molecule has 162 valence electrons. The maximum absolute atomic E-state index is 12.2. The quantitative estimate of drug-likeness (QED) is 0.673. The van der Waals surface area contributed by atoms with Crippen molar-refractivity contribution in [1.82, 2.24) is 15.1 Å². The average Bonchev–Trinajstić information content (AvgIpc) is 3.22. The fourth-order valence-electron chi connectivity index (χ4n) is 3.14. The fraction of sp³-hybridized carbons (Fsp3) is 0.524. The van der Waals surface area contributed by atoms with Gasteiger partial charge in [0.15, 0.2) is 0 Å². The van der Waals surface area contributed by atoms with E-state index in [0.717, 1.165) is 37.6 Å². The van der Waals surface area contributed by atoms with E-state index in [2.05, 4.69) is 20.4 Å². The van der Waals surface area contributed by atoms with E-state index in [1.54, 1.807) is 0 Å². The van der Waals surface area contributed by atoms with E-state index in [9.17, 15) is 9.59 Å². The van der Waals surface area contributed by atoms with Gasteiger partial charge in [-0.2, -0.15) is 0 Å². The van der Waals surface area contributed by atoms with Gasteiger partial charge in [-0.1, -0.05) is 39.5 Å². The van der Waals surface area contributed by atoms with Gasteiger partial charge in [-0.05, 0) is 24.3 Å². The van der Waals surface area contributed by atoms with Gasteiger partial charge in [-0.25, -0.2) is 0 Å². The Morgan fingerprint density at radius 2 is 1.73 bits per heavy atom. The zero-order valence-corrected chi connectivity index (χ0v) is 18.7. The van der Waals surface area contributed by atoms with Crippen molar-refractivity contribution in [2.75, 3.05) is 42.1 Å². The largest absolute Gasteiger partial charge is 0.416 e. The molecule has 2 aromatic rings. The SMILES string of the molecule is CC(C)C(=O)N1CCN(c2ccc(NC(=O)CSc3nnc(C(C)C)o3)cc2)CC1. The van der Waals surface area contributed by atoms with E-state index >= 15 is 0 Å². The van der Waals surface area contributed by atoms with Gasteiger partial charge in [0, 0.05) is 49.4 Å². The lowest BCUT2D eigenvalue weighted by Crippen LogP contribution is -2.49. The smallest absolute Gasteiger partial charge is 0.277 e. The first kappa shape index (κ1) is 22.1. The van der Waals surface area contributed by atoms with Crippen LogP contribution < -0.4 is 10.2 Å². The molecule has 1 saturated heterocycles. The summed E-state index contributed by atoms with van der Waals surface area (Å²) >= 11 is 1.22. The summed E-state index contributed by atoms with van der Waals surface area (Å²) in [6.45, 7) is 10.9. The Labute approximate surface area is 181 Å². The van der Waals surface area contributed by atoms with E-state index in [-0.39, 0.29) is 29.4 Å². The summed E-state index contributed by atoms with van der Waals surface area (Å²) in [7, 11) is 0. The summed E-state index contributed by atoms with van der Waals surface area (Å²) in [5.41, 5.74) is 1.83. The standard InChI is InChI=1S/C21H29N5O3S/c1-14(2)19-23-24-21(29-19)30-13-18(27)22-16-5-7-17(8-6-16)25-9-11-26(12-10-25)20(28)15(3)4/h5-8,14-15H,9-13H2,1-4H3,(H,22,27). The summed E-state index contributed by atoms with van der Waals surface area (Å²) in [4.78, 5) is 28.5. The lowest BCUT2D eigenvalue weighted by Gasteiger charge is -2.37. The van der Waals surface area contributed by atoms with Gasteiger partial charge in [-0.3, -0.25) is 9.59 Å². The molecular formula is C21H29N5O3S. The third-order valence-corrected chi connectivity index (χ3v) is 5.66. The minimum absolute atomic E-state index is 0.0368. The molecule has 2 heterocycles. The molecule has 0 atom stereocenters. The molecule has 30 heavy (non-hydrogen) atoms. The van der Waals surface area contributed by atoms with Gasteiger partial charge < -0.3 is 19.5 Å². The van der Waals surface area contributed by atoms with Crippen LogP contribution in [0.1, 0.15) is 39.5 Å². The summed E-state index contributed by atoms with van der Waals surface area (Å²) in [6.07, 6.45) is 0. The molecule has 1 aliphatic heterocycles. The number of hydrogen-bond donors (Lipinski definition) is 1. The molecule has 0 spiro atoms. The molecular weight excluding hydrogens is 402 g/mol. The van der Waals surface area contributed by atoms with Crippen molar-refractivity contribution >= 4 is 35.0 Å². The van der Waals surface area contributed by atoms with Gasteiger partial charge in [0.25, 0.3) is 5.22 Å². The van der Waals surface area contributed by atoms with E-state index in [0.29, 0.717) is 11.1 Å². The van der Waals surface area contributed by atoms with Crippen LogP contribution in [0.4, 0.5) is 11.4 Å². The van der Waals surface area contributed by atoms with Crippen LogP contribution in [0.15, 0.2) is 33.9 Å².